The van der Waals surface area contributed by atoms with E-state index in [1.54, 1.807) is 6.26 Å². The highest BCUT2D eigenvalue weighted by Gasteiger charge is 2.22. The maximum atomic E-state index is 10.4. The van der Waals surface area contributed by atoms with Crippen LogP contribution in [0, 0.1) is 0 Å². The first-order valence-corrected chi connectivity index (χ1v) is 6.08. The number of carboxylic acid groups (broad SMARTS) is 1. The molecular formula is C10H13NO3S. The second-order valence-corrected chi connectivity index (χ2v) is 4.88. The molecule has 0 aliphatic carbocycles. The van der Waals surface area contributed by atoms with Crippen molar-refractivity contribution in [1.82, 2.24) is 4.98 Å². The molecule has 1 saturated heterocycles. The van der Waals surface area contributed by atoms with Crippen LogP contribution < -0.4 is 0 Å². The van der Waals surface area contributed by atoms with E-state index in [4.69, 9.17) is 9.52 Å². The van der Waals surface area contributed by atoms with Gasteiger partial charge in [-0.15, -0.1) is 11.8 Å². The average Bonchev–Trinajstić information content (AvgIpc) is 2.85. The molecule has 0 spiro atoms. The number of nitrogens with zero attached hydrogens (tertiary/aromatic N) is 1. The predicted octanol–water partition coefficient (Wildman–Crippen LogP) is 2.26. The number of aromatic nitrogens is 1. The van der Waals surface area contributed by atoms with Gasteiger partial charge < -0.3 is 9.52 Å². The zero-order valence-corrected chi connectivity index (χ0v) is 9.13. The molecule has 1 aromatic heterocycles. The van der Waals surface area contributed by atoms with Gasteiger partial charge in [-0.1, -0.05) is 0 Å². The van der Waals surface area contributed by atoms with Gasteiger partial charge in [-0.2, -0.15) is 0 Å². The summed E-state index contributed by atoms with van der Waals surface area (Å²) >= 11 is 1.86. The van der Waals surface area contributed by atoms with Gasteiger partial charge in [-0.3, -0.25) is 4.79 Å². The van der Waals surface area contributed by atoms with Crippen molar-refractivity contribution in [2.24, 2.45) is 0 Å². The minimum absolute atomic E-state index is 0.115. The third-order valence-corrected chi connectivity index (χ3v) is 3.73. The Bertz CT molecular complexity index is 344. The first-order chi connectivity index (χ1) is 7.25. The largest absolute Gasteiger partial charge is 0.481 e. The number of aliphatic carboxylic acids is 1. The van der Waals surface area contributed by atoms with Gasteiger partial charge in [0.25, 0.3) is 0 Å². The molecule has 1 fully saturated rings. The van der Waals surface area contributed by atoms with Crippen LogP contribution in [0.5, 0.6) is 0 Å². The van der Waals surface area contributed by atoms with Crippen molar-refractivity contribution in [3.05, 3.63) is 17.8 Å². The molecule has 1 unspecified atom stereocenters. The molecule has 1 aliphatic heterocycles. The Morgan fingerprint density at radius 3 is 3.27 bits per heavy atom. The van der Waals surface area contributed by atoms with Crippen molar-refractivity contribution in [2.45, 2.75) is 30.9 Å². The zero-order chi connectivity index (χ0) is 10.7. The predicted molar refractivity (Wildman–Crippen MR) is 56.9 cm³/mol. The Balaban J connectivity index is 1.94. The normalized spacial score (nSPS) is 20.7. The van der Waals surface area contributed by atoms with Crippen molar-refractivity contribution < 1.29 is 14.3 Å². The first-order valence-electron chi connectivity index (χ1n) is 5.03. The lowest BCUT2D eigenvalue weighted by Gasteiger charge is -2.00. The van der Waals surface area contributed by atoms with E-state index < -0.39 is 5.97 Å². The maximum absolute atomic E-state index is 10.4. The van der Waals surface area contributed by atoms with Gasteiger partial charge in [0.2, 0.25) is 5.89 Å². The SMILES string of the molecule is O=C(O)CCc1coc(C2CCCS2)n1. The smallest absolute Gasteiger partial charge is 0.303 e. The van der Waals surface area contributed by atoms with E-state index in [1.165, 1.54) is 6.42 Å². The lowest BCUT2D eigenvalue weighted by Crippen LogP contribution is -1.98. The molecule has 0 radical (unpaired) electrons. The van der Waals surface area contributed by atoms with Crippen LogP contribution in [0.25, 0.3) is 0 Å². The average molecular weight is 227 g/mol. The summed E-state index contributed by atoms with van der Waals surface area (Å²) in [5.41, 5.74) is 0.750. The van der Waals surface area contributed by atoms with E-state index in [0.29, 0.717) is 11.7 Å². The van der Waals surface area contributed by atoms with Crippen LogP contribution in [0.15, 0.2) is 10.7 Å². The second-order valence-electron chi connectivity index (χ2n) is 3.57. The number of hydrogen-bond donors (Lipinski definition) is 1. The van der Waals surface area contributed by atoms with Crippen LogP contribution in [0.2, 0.25) is 0 Å². The Morgan fingerprint density at radius 2 is 2.60 bits per heavy atom. The van der Waals surface area contributed by atoms with E-state index in [9.17, 15) is 4.79 Å². The molecule has 1 N–H and O–H groups in total. The van der Waals surface area contributed by atoms with Crippen molar-refractivity contribution in [3.63, 3.8) is 0 Å². The van der Waals surface area contributed by atoms with Crippen LogP contribution in [-0.2, 0) is 11.2 Å². The van der Waals surface area contributed by atoms with Crippen molar-refractivity contribution in [2.75, 3.05) is 5.75 Å². The van der Waals surface area contributed by atoms with E-state index in [0.717, 1.165) is 23.8 Å². The quantitative estimate of drug-likeness (QED) is 0.854. The maximum Gasteiger partial charge on any atom is 0.303 e. The Kier molecular flexibility index (Phi) is 3.30. The number of carboxylic acids is 1. The van der Waals surface area contributed by atoms with Crippen LogP contribution in [0.4, 0.5) is 0 Å². The van der Waals surface area contributed by atoms with Crippen LogP contribution >= 0.6 is 11.8 Å². The first kappa shape index (κ1) is 10.5. The molecule has 1 aromatic rings. The fourth-order valence-electron chi connectivity index (χ4n) is 1.59. The minimum Gasteiger partial charge on any atom is -0.481 e. The van der Waals surface area contributed by atoms with Crippen molar-refractivity contribution >= 4 is 17.7 Å². The summed E-state index contributed by atoms with van der Waals surface area (Å²) in [6, 6.07) is 0. The number of aryl methyl sites for hydroxylation is 1. The van der Waals surface area contributed by atoms with Crippen molar-refractivity contribution in [1.29, 1.82) is 0 Å². The van der Waals surface area contributed by atoms with Gasteiger partial charge in [-0.05, 0) is 18.6 Å². The highest BCUT2D eigenvalue weighted by molar-refractivity contribution is 7.99. The molecule has 2 rings (SSSR count). The molecule has 4 nitrogen and oxygen atoms in total. The topological polar surface area (TPSA) is 63.3 Å². The zero-order valence-electron chi connectivity index (χ0n) is 8.31. The fraction of sp³-hybridized carbons (Fsp3) is 0.600. The Morgan fingerprint density at radius 1 is 1.73 bits per heavy atom. The van der Waals surface area contributed by atoms with Crippen molar-refractivity contribution in [3.8, 4) is 0 Å². The highest BCUT2D eigenvalue weighted by Crippen LogP contribution is 2.39. The molecular weight excluding hydrogens is 214 g/mol. The second kappa shape index (κ2) is 4.70. The molecule has 2 heterocycles. The van der Waals surface area contributed by atoms with E-state index in [1.807, 2.05) is 11.8 Å². The molecule has 5 heteroatoms. The summed E-state index contributed by atoms with van der Waals surface area (Å²) in [7, 11) is 0. The van der Waals surface area contributed by atoms with Gasteiger partial charge in [-0.25, -0.2) is 4.98 Å². The summed E-state index contributed by atoms with van der Waals surface area (Å²) in [5.74, 6) is 1.13. The number of rotatable bonds is 4. The van der Waals surface area contributed by atoms with E-state index in [2.05, 4.69) is 4.98 Å². The molecule has 0 aromatic carbocycles. The molecule has 0 bridgehead atoms. The molecule has 0 saturated carbocycles. The van der Waals surface area contributed by atoms with Crippen LogP contribution in [0.1, 0.15) is 36.1 Å². The fourth-order valence-corrected chi connectivity index (χ4v) is 2.79. The summed E-state index contributed by atoms with van der Waals surface area (Å²) in [5, 5.41) is 8.91. The summed E-state index contributed by atoms with van der Waals surface area (Å²) < 4.78 is 5.36. The van der Waals surface area contributed by atoms with Crippen LogP contribution in [0.3, 0.4) is 0 Å². The van der Waals surface area contributed by atoms with E-state index >= 15 is 0 Å². The van der Waals surface area contributed by atoms with Gasteiger partial charge in [0.05, 0.1) is 17.4 Å². The van der Waals surface area contributed by atoms with Gasteiger partial charge in [0, 0.05) is 6.42 Å². The van der Waals surface area contributed by atoms with Crippen LogP contribution in [-0.4, -0.2) is 21.8 Å². The number of carbonyl (C=O) groups is 1. The molecule has 1 atom stereocenters. The Hall–Kier alpha value is -0.970. The third kappa shape index (κ3) is 2.75. The third-order valence-electron chi connectivity index (χ3n) is 2.37. The lowest BCUT2D eigenvalue weighted by atomic mass is 10.2. The molecule has 1 aliphatic rings. The van der Waals surface area contributed by atoms with Gasteiger partial charge in [0.15, 0.2) is 0 Å². The minimum atomic E-state index is -0.796. The van der Waals surface area contributed by atoms with E-state index in [-0.39, 0.29) is 6.42 Å². The van der Waals surface area contributed by atoms with Gasteiger partial charge >= 0.3 is 5.97 Å². The highest BCUT2D eigenvalue weighted by atomic mass is 32.2. The summed E-state index contributed by atoms with van der Waals surface area (Å²) in [6.45, 7) is 0. The number of thioether (sulfide) groups is 1. The number of hydrogen-bond acceptors (Lipinski definition) is 4. The summed E-state index contributed by atoms with van der Waals surface area (Å²) in [4.78, 5) is 14.7. The number of oxazole rings is 1. The molecule has 0 amide bonds. The van der Waals surface area contributed by atoms with Gasteiger partial charge in [0.1, 0.15) is 6.26 Å². The standard InChI is InChI=1S/C10H13NO3S/c12-9(13)4-3-7-6-14-10(11-7)8-2-1-5-15-8/h6,8H,1-5H2,(H,12,13). The molecule has 82 valence electrons. The lowest BCUT2D eigenvalue weighted by molar-refractivity contribution is -0.136. The molecule has 15 heavy (non-hydrogen) atoms. The Labute approximate surface area is 92.1 Å². The monoisotopic (exact) mass is 227 g/mol. The summed E-state index contributed by atoms with van der Waals surface area (Å²) in [6.07, 6.45) is 4.48.